The fourth-order valence-corrected chi connectivity index (χ4v) is 6.43. The highest BCUT2D eigenvalue weighted by molar-refractivity contribution is 5.71. The lowest BCUT2D eigenvalue weighted by Gasteiger charge is -2.18. The number of carbonyl (C=O) groups excluding carboxylic acids is 3. The highest BCUT2D eigenvalue weighted by Gasteiger charge is 2.19. The van der Waals surface area contributed by atoms with Gasteiger partial charge in [0.15, 0.2) is 6.10 Å². The van der Waals surface area contributed by atoms with E-state index >= 15 is 0 Å². The van der Waals surface area contributed by atoms with E-state index in [9.17, 15) is 14.4 Å². The predicted molar refractivity (Wildman–Crippen MR) is 256 cm³/mol. The van der Waals surface area contributed by atoms with Gasteiger partial charge in [0.25, 0.3) is 0 Å². The number of ether oxygens (including phenoxy) is 3. The molecule has 0 N–H and O–H groups in total. The van der Waals surface area contributed by atoms with Crippen LogP contribution in [0.25, 0.3) is 0 Å². The highest BCUT2D eigenvalue weighted by atomic mass is 16.6. The average molecular weight is 835 g/mol. The third kappa shape index (κ3) is 45.7. The number of hydrogen-bond acceptors (Lipinski definition) is 6. The third-order valence-corrected chi connectivity index (χ3v) is 10.1. The molecule has 0 spiro atoms. The molecule has 0 radical (unpaired) electrons. The molecule has 0 aromatic rings. The van der Waals surface area contributed by atoms with Gasteiger partial charge in [-0.05, 0) is 96.3 Å². The summed E-state index contributed by atoms with van der Waals surface area (Å²) < 4.78 is 16.6. The van der Waals surface area contributed by atoms with Gasteiger partial charge in [-0.1, -0.05) is 189 Å². The zero-order valence-electron chi connectivity index (χ0n) is 38.9. The van der Waals surface area contributed by atoms with Crippen LogP contribution in [0.3, 0.4) is 0 Å². The molecule has 1 atom stereocenters. The van der Waals surface area contributed by atoms with E-state index in [-0.39, 0.29) is 31.6 Å². The molecule has 0 saturated heterocycles. The monoisotopic (exact) mass is 835 g/mol. The summed E-state index contributed by atoms with van der Waals surface area (Å²) in [5.74, 6) is -1.05. The van der Waals surface area contributed by atoms with Gasteiger partial charge in [0, 0.05) is 19.3 Å². The maximum Gasteiger partial charge on any atom is 0.306 e. The van der Waals surface area contributed by atoms with Gasteiger partial charge in [-0.2, -0.15) is 0 Å². The summed E-state index contributed by atoms with van der Waals surface area (Å²) in [6.45, 7) is 6.38. The summed E-state index contributed by atoms with van der Waals surface area (Å²) in [5.41, 5.74) is 0. The van der Waals surface area contributed by atoms with Gasteiger partial charge in [0.2, 0.25) is 0 Å². The van der Waals surface area contributed by atoms with E-state index in [4.69, 9.17) is 14.2 Å². The molecule has 0 heterocycles. The van der Waals surface area contributed by atoms with Gasteiger partial charge < -0.3 is 14.2 Å². The van der Waals surface area contributed by atoms with Crippen LogP contribution >= 0.6 is 0 Å². The first-order valence-electron chi connectivity index (χ1n) is 24.6. The van der Waals surface area contributed by atoms with Crippen LogP contribution in [0.2, 0.25) is 0 Å². The minimum absolute atomic E-state index is 0.117. The van der Waals surface area contributed by atoms with E-state index in [1.54, 1.807) is 0 Å². The number of esters is 3. The Balaban J connectivity index is 4.47. The normalized spacial score (nSPS) is 12.8. The van der Waals surface area contributed by atoms with Crippen molar-refractivity contribution in [2.75, 3.05) is 13.2 Å². The van der Waals surface area contributed by atoms with E-state index in [2.05, 4.69) is 93.7 Å². The molecule has 0 amide bonds. The molecule has 0 rings (SSSR count). The van der Waals surface area contributed by atoms with Gasteiger partial charge in [-0.25, -0.2) is 0 Å². The van der Waals surface area contributed by atoms with Crippen LogP contribution in [-0.4, -0.2) is 37.2 Å². The molecule has 0 saturated carbocycles. The summed E-state index contributed by atoms with van der Waals surface area (Å²) in [6, 6.07) is 0. The van der Waals surface area contributed by atoms with E-state index < -0.39 is 12.1 Å². The Labute approximate surface area is 369 Å². The molecule has 0 aliphatic carbocycles. The Morgan fingerprint density at radius 1 is 0.350 bits per heavy atom. The molecule has 0 aromatic heterocycles. The van der Waals surface area contributed by atoms with Gasteiger partial charge in [-0.15, -0.1) is 0 Å². The molecule has 0 aromatic carbocycles. The maximum atomic E-state index is 12.7. The standard InChI is InChI=1S/C54H90O6/c1-4-7-10-13-16-19-21-23-25-27-29-30-32-35-38-41-44-47-53(56)59-50-51(49-58-52(55)46-43-40-37-34-18-15-12-9-6-3)60-54(57)48-45-42-39-36-33-31-28-26-24-22-20-17-14-11-8-5-2/h8,11,17,20,23-26,31,33-34,37,39,42,51H,4-7,9-10,12-16,18-19,21-22,27-30,32,35-36,38,40-41,43-50H2,1-3H3/b11-8-,20-17-,25-23-,26-24-,33-31-,37-34-,42-39-. The molecule has 0 aliphatic heterocycles. The van der Waals surface area contributed by atoms with Gasteiger partial charge in [0.05, 0.1) is 0 Å². The average Bonchev–Trinajstić information content (AvgIpc) is 3.24. The highest BCUT2D eigenvalue weighted by Crippen LogP contribution is 2.13. The molecule has 342 valence electrons. The number of hydrogen-bond donors (Lipinski definition) is 0. The first-order chi connectivity index (χ1) is 29.5. The van der Waals surface area contributed by atoms with Crippen molar-refractivity contribution in [1.82, 2.24) is 0 Å². The van der Waals surface area contributed by atoms with Crippen molar-refractivity contribution in [1.29, 1.82) is 0 Å². The van der Waals surface area contributed by atoms with Crippen LogP contribution in [0.4, 0.5) is 0 Å². The second-order valence-corrected chi connectivity index (χ2v) is 16.0. The van der Waals surface area contributed by atoms with Crippen molar-refractivity contribution < 1.29 is 28.6 Å². The SMILES string of the molecule is CC/C=C\C/C=C\C/C=C\C/C=C\C/C=C\CCC(=O)OC(COC(=O)CCC/C=C\CCCCCC)COC(=O)CCCCCCCCC/C=C\CCCCCCCC. The summed E-state index contributed by atoms with van der Waals surface area (Å²) in [5, 5.41) is 0. The fourth-order valence-electron chi connectivity index (χ4n) is 6.43. The van der Waals surface area contributed by atoms with Crippen molar-refractivity contribution in [2.45, 2.75) is 226 Å². The Kier molecular flexibility index (Phi) is 45.5. The number of carbonyl (C=O) groups is 3. The quantitative estimate of drug-likeness (QED) is 0.0263. The molecule has 0 aliphatic rings. The number of unbranched alkanes of at least 4 members (excludes halogenated alkanes) is 18. The third-order valence-electron chi connectivity index (χ3n) is 10.1. The number of rotatable bonds is 43. The zero-order valence-corrected chi connectivity index (χ0v) is 38.9. The van der Waals surface area contributed by atoms with E-state index in [1.807, 2.05) is 12.2 Å². The molecule has 60 heavy (non-hydrogen) atoms. The van der Waals surface area contributed by atoms with Crippen LogP contribution in [0.15, 0.2) is 85.1 Å². The Morgan fingerprint density at radius 2 is 0.700 bits per heavy atom. The summed E-state index contributed by atoms with van der Waals surface area (Å²) in [4.78, 5) is 37.8. The Bertz CT molecular complexity index is 1190. The molecule has 1 unspecified atom stereocenters. The van der Waals surface area contributed by atoms with Crippen LogP contribution in [-0.2, 0) is 28.6 Å². The molecule has 0 bridgehead atoms. The maximum absolute atomic E-state index is 12.7. The summed E-state index contributed by atoms with van der Waals surface area (Å²) >= 11 is 0. The van der Waals surface area contributed by atoms with Gasteiger partial charge in [0.1, 0.15) is 13.2 Å². The smallest absolute Gasteiger partial charge is 0.306 e. The van der Waals surface area contributed by atoms with Crippen molar-refractivity contribution in [3.05, 3.63) is 85.1 Å². The largest absolute Gasteiger partial charge is 0.462 e. The second kappa shape index (κ2) is 48.3. The Morgan fingerprint density at radius 3 is 1.17 bits per heavy atom. The predicted octanol–water partition coefficient (Wildman–Crippen LogP) is 16.0. The van der Waals surface area contributed by atoms with Crippen LogP contribution in [0.5, 0.6) is 0 Å². The zero-order chi connectivity index (χ0) is 43.7. The van der Waals surface area contributed by atoms with Crippen LogP contribution in [0.1, 0.15) is 220 Å². The summed E-state index contributed by atoms with van der Waals surface area (Å²) in [7, 11) is 0. The summed E-state index contributed by atoms with van der Waals surface area (Å²) in [6.07, 6.45) is 61.6. The van der Waals surface area contributed by atoms with Gasteiger partial charge >= 0.3 is 17.9 Å². The molecular formula is C54H90O6. The fraction of sp³-hybridized carbons (Fsp3) is 0.685. The molecule has 6 nitrogen and oxygen atoms in total. The second-order valence-electron chi connectivity index (χ2n) is 16.0. The Hall–Kier alpha value is -3.41. The first kappa shape index (κ1) is 56.6. The van der Waals surface area contributed by atoms with E-state index in [0.717, 1.165) is 64.2 Å². The molecule has 0 fully saturated rings. The van der Waals surface area contributed by atoms with Crippen molar-refractivity contribution >= 4 is 17.9 Å². The lowest BCUT2D eigenvalue weighted by atomic mass is 10.1. The van der Waals surface area contributed by atoms with Crippen LogP contribution < -0.4 is 0 Å². The molecule has 6 heteroatoms. The molecular weight excluding hydrogens is 745 g/mol. The van der Waals surface area contributed by atoms with Crippen molar-refractivity contribution in [3.8, 4) is 0 Å². The minimum Gasteiger partial charge on any atom is -0.462 e. The van der Waals surface area contributed by atoms with E-state index in [0.29, 0.717) is 25.7 Å². The van der Waals surface area contributed by atoms with Crippen molar-refractivity contribution in [3.63, 3.8) is 0 Å². The first-order valence-corrected chi connectivity index (χ1v) is 24.6. The topological polar surface area (TPSA) is 78.9 Å². The van der Waals surface area contributed by atoms with Gasteiger partial charge in [-0.3, -0.25) is 14.4 Å². The lowest BCUT2D eigenvalue weighted by molar-refractivity contribution is -0.166. The lowest BCUT2D eigenvalue weighted by Crippen LogP contribution is -2.30. The number of allylic oxidation sites excluding steroid dienone is 14. The minimum atomic E-state index is -0.827. The van der Waals surface area contributed by atoms with Crippen molar-refractivity contribution in [2.24, 2.45) is 0 Å². The van der Waals surface area contributed by atoms with Crippen LogP contribution in [0, 0.1) is 0 Å². The van der Waals surface area contributed by atoms with E-state index in [1.165, 1.54) is 103 Å².